The van der Waals surface area contributed by atoms with Gasteiger partial charge in [0.25, 0.3) is 0 Å². The van der Waals surface area contributed by atoms with Crippen LogP contribution in [0.4, 0.5) is 0 Å². The summed E-state index contributed by atoms with van der Waals surface area (Å²) in [7, 11) is 0. The number of aromatic nitrogens is 1. The second-order valence-electron chi connectivity index (χ2n) is 2.50. The van der Waals surface area contributed by atoms with Crippen molar-refractivity contribution in [2.24, 2.45) is 0 Å². The van der Waals surface area contributed by atoms with Gasteiger partial charge in [0.2, 0.25) is 0 Å². The van der Waals surface area contributed by atoms with Gasteiger partial charge < -0.3 is 15.7 Å². The summed E-state index contributed by atoms with van der Waals surface area (Å²) < 4.78 is 5.46. The highest BCUT2D eigenvalue weighted by molar-refractivity contribution is 5.92. The van der Waals surface area contributed by atoms with E-state index in [1.54, 1.807) is 6.92 Å². The van der Waals surface area contributed by atoms with Crippen LogP contribution in [-0.2, 0) is 4.74 Å². The van der Waals surface area contributed by atoms with Gasteiger partial charge in [-0.25, -0.2) is 14.3 Å². The van der Waals surface area contributed by atoms with Crippen molar-refractivity contribution in [3.05, 3.63) is 23.5 Å². The fourth-order valence-electron chi connectivity index (χ4n) is 0.994. The monoisotopic (exact) mass is 198 g/mol. The highest BCUT2D eigenvalue weighted by Crippen LogP contribution is 2.06. The van der Waals surface area contributed by atoms with E-state index in [9.17, 15) is 9.59 Å². The van der Waals surface area contributed by atoms with Crippen molar-refractivity contribution in [3.8, 4) is 0 Å². The first-order chi connectivity index (χ1) is 6.57. The van der Waals surface area contributed by atoms with Gasteiger partial charge in [-0.3, -0.25) is 0 Å². The van der Waals surface area contributed by atoms with Gasteiger partial charge in [0, 0.05) is 0 Å². The van der Waals surface area contributed by atoms with Gasteiger partial charge in [-0.2, -0.15) is 0 Å². The number of nitrogens with zero attached hydrogens (tertiary/aromatic N) is 1. The minimum atomic E-state index is -1.19. The van der Waals surface area contributed by atoms with Crippen molar-refractivity contribution >= 4 is 11.9 Å². The summed E-state index contributed by atoms with van der Waals surface area (Å²) in [6.07, 6.45) is 0. The molecule has 3 N–H and O–H groups in total. The number of nitrogens with two attached hydrogens (primary N) is 1. The molecule has 0 aliphatic heterocycles. The van der Waals surface area contributed by atoms with E-state index in [0.29, 0.717) is 0 Å². The molecule has 6 heteroatoms. The summed E-state index contributed by atoms with van der Waals surface area (Å²) in [5.74, 6) is 3.54. The van der Waals surface area contributed by atoms with Crippen molar-refractivity contribution < 1.29 is 19.4 Å². The largest absolute Gasteiger partial charge is 0.477 e. The van der Waals surface area contributed by atoms with Gasteiger partial charge in [0.15, 0.2) is 0 Å². The Morgan fingerprint density at radius 3 is 2.50 bits per heavy atom. The van der Waals surface area contributed by atoms with Crippen LogP contribution in [-0.4, -0.2) is 28.3 Å². The highest BCUT2D eigenvalue weighted by atomic mass is 16.5. The number of nitrogen functional groups attached to an aromatic ring is 1. The molecule has 76 valence electrons. The SMILES string of the molecule is CCOC(=O)c1ccc(C(=O)O)n1N. The van der Waals surface area contributed by atoms with Crippen LogP contribution in [0.25, 0.3) is 0 Å². The molecule has 0 spiro atoms. The lowest BCUT2D eigenvalue weighted by atomic mass is 10.4. The average molecular weight is 198 g/mol. The first kappa shape index (κ1) is 10.1. The van der Waals surface area contributed by atoms with E-state index < -0.39 is 11.9 Å². The quantitative estimate of drug-likeness (QED) is 0.529. The Morgan fingerprint density at radius 1 is 1.50 bits per heavy atom. The Labute approximate surface area is 79.9 Å². The molecule has 0 fully saturated rings. The van der Waals surface area contributed by atoms with Crippen LogP contribution in [0.3, 0.4) is 0 Å². The molecular formula is C8H10N2O4. The zero-order chi connectivity index (χ0) is 10.7. The second kappa shape index (κ2) is 3.82. The number of carboxylic acid groups (broad SMARTS) is 1. The van der Waals surface area contributed by atoms with Gasteiger partial charge in [0.05, 0.1) is 6.61 Å². The number of carbonyl (C=O) groups excluding carboxylic acids is 1. The van der Waals surface area contributed by atoms with Crippen molar-refractivity contribution in [2.45, 2.75) is 6.92 Å². The summed E-state index contributed by atoms with van der Waals surface area (Å²) in [4.78, 5) is 21.7. The van der Waals surface area contributed by atoms with E-state index >= 15 is 0 Å². The number of aromatic carboxylic acids is 1. The molecule has 0 saturated carbocycles. The summed E-state index contributed by atoms with van der Waals surface area (Å²) >= 11 is 0. The minimum absolute atomic E-state index is 0.0178. The number of ether oxygens (including phenoxy) is 1. The van der Waals surface area contributed by atoms with E-state index in [-0.39, 0.29) is 18.0 Å². The molecule has 0 atom stereocenters. The number of esters is 1. The van der Waals surface area contributed by atoms with E-state index in [4.69, 9.17) is 10.9 Å². The summed E-state index contributed by atoms with van der Waals surface area (Å²) in [6, 6.07) is 2.55. The molecule has 1 aromatic heterocycles. The molecule has 1 heterocycles. The van der Waals surface area contributed by atoms with Gasteiger partial charge in [0.1, 0.15) is 11.4 Å². The highest BCUT2D eigenvalue weighted by Gasteiger charge is 2.17. The molecule has 0 unspecified atom stereocenters. The third-order valence-corrected chi connectivity index (χ3v) is 1.62. The lowest BCUT2D eigenvalue weighted by Crippen LogP contribution is -2.22. The van der Waals surface area contributed by atoms with E-state index in [2.05, 4.69) is 4.74 Å². The number of carbonyl (C=O) groups is 2. The third-order valence-electron chi connectivity index (χ3n) is 1.62. The van der Waals surface area contributed by atoms with Crippen LogP contribution < -0.4 is 5.84 Å². The van der Waals surface area contributed by atoms with E-state index in [1.165, 1.54) is 12.1 Å². The number of hydrogen-bond acceptors (Lipinski definition) is 4. The molecule has 0 saturated heterocycles. The minimum Gasteiger partial charge on any atom is -0.477 e. The fraction of sp³-hybridized carbons (Fsp3) is 0.250. The normalized spacial score (nSPS) is 9.79. The van der Waals surface area contributed by atoms with Gasteiger partial charge >= 0.3 is 11.9 Å². The zero-order valence-corrected chi connectivity index (χ0v) is 7.56. The Hall–Kier alpha value is -1.98. The van der Waals surface area contributed by atoms with Crippen LogP contribution in [0.1, 0.15) is 27.9 Å². The maximum atomic E-state index is 11.2. The molecule has 0 aromatic carbocycles. The van der Waals surface area contributed by atoms with Crippen molar-refractivity contribution in [2.75, 3.05) is 12.4 Å². The molecule has 0 aliphatic carbocycles. The predicted octanol–water partition coefficient (Wildman–Crippen LogP) is 0.0768. The molecule has 1 aromatic rings. The maximum Gasteiger partial charge on any atom is 0.356 e. The number of rotatable bonds is 3. The lowest BCUT2D eigenvalue weighted by molar-refractivity contribution is 0.0516. The summed E-state index contributed by atoms with van der Waals surface area (Å²) in [6.45, 7) is 1.87. The lowest BCUT2D eigenvalue weighted by Gasteiger charge is -2.03. The molecule has 0 aliphatic rings. The maximum absolute atomic E-state index is 11.2. The first-order valence-electron chi connectivity index (χ1n) is 3.95. The molecule has 0 radical (unpaired) electrons. The van der Waals surface area contributed by atoms with Crippen LogP contribution >= 0.6 is 0 Å². The smallest absolute Gasteiger partial charge is 0.356 e. The van der Waals surface area contributed by atoms with Gasteiger partial charge in [-0.05, 0) is 19.1 Å². The average Bonchev–Trinajstić information content (AvgIpc) is 2.47. The number of hydrogen-bond donors (Lipinski definition) is 2. The van der Waals surface area contributed by atoms with Crippen molar-refractivity contribution in [1.82, 2.24) is 4.68 Å². The third kappa shape index (κ3) is 1.68. The van der Waals surface area contributed by atoms with Crippen LogP contribution in [0.2, 0.25) is 0 Å². The van der Waals surface area contributed by atoms with Crippen LogP contribution in [0.5, 0.6) is 0 Å². The van der Waals surface area contributed by atoms with E-state index in [0.717, 1.165) is 4.68 Å². The van der Waals surface area contributed by atoms with Crippen LogP contribution in [0, 0.1) is 0 Å². The van der Waals surface area contributed by atoms with E-state index in [1.807, 2.05) is 0 Å². The standard InChI is InChI=1S/C8H10N2O4/c1-2-14-8(13)6-4-3-5(7(11)12)10(6)9/h3-4H,2,9H2,1H3,(H,11,12). The van der Waals surface area contributed by atoms with Crippen LogP contribution in [0.15, 0.2) is 12.1 Å². The number of carboxylic acids is 1. The molecule has 0 amide bonds. The second-order valence-corrected chi connectivity index (χ2v) is 2.50. The summed E-state index contributed by atoms with van der Waals surface area (Å²) in [5, 5.41) is 8.64. The molecule has 1 rings (SSSR count). The van der Waals surface area contributed by atoms with Gasteiger partial charge in [-0.15, -0.1) is 0 Å². The Balaban J connectivity index is 3.00. The fourth-order valence-corrected chi connectivity index (χ4v) is 0.994. The van der Waals surface area contributed by atoms with Gasteiger partial charge in [-0.1, -0.05) is 0 Å². The van der Waals surface area contributed by atoms with Crippen molar-refractivity contribution in [3.63, 3.8) is 0 Å². The molecular weight excluding hydrogens is 188 g/mol. The summed E-state index contributed by atoms with van der Waals surface area (Å²) in [5.41, 5.74) is -0.141. The first-order valence-corrected chi connectivity index (χ1v) is 3.95. The molecule has 14 heavy (non-hydrogen) atoms. The molecule has 0 bridgehead atoms. The Kier molecular flexibility index (Phi) is 2.76. The van der Waals surface area contributed by atoms with Crippen molar-refractivity contribution in [1.29, 1.82) is 0 Å². The predicted molar refractivity (Wildman–Crippen MR) is 47.5 cm³/mol. The Morgan fingerprint density at radius 2 is 2.07 bits per heavy atom. The molecule has 6 nitrogen and oxygen atoms in total. The zero-order valence-electron chi connectivity index (χ0n) is 7.56. The topological polar surface area (TPSA) is 94.5 Å². The Bertz CT molecular complexity index is 369.